The van der Waals surface area contributed by atoms with E-state index < -0.39 is 46.1 Å². The van der Waals surface area contributed by atoms with Crippen LogP contribution in [0.4, 0.5) is 0 Å². The summed E-state index contributed by atoms with van der Waals surface area (Å²) in [5.41, 5.74) is -0.704. The quantitative estimate of drug-likeness (QED) is 0.637. The van der Waals surface area contributed by atoms with E-state index in [2.05, 4.69) is 0 Å². The lowest BCUT2D eigenvalue weighted by atomic mass is 9.87. The highest BCUT2D eigenvalue weighted by atomic mass is 16.4. The summed E-state index contributed by atoms with van der Waals surface area (Å²) in [4.78, 5) is 45.5. The van der Waals surface area contributed by atoms with Gasteiger partial charge in [0.15, 0.2) is 0 Å². The van der Waals surface area contributed by atoms with Gasteiger partial charge in [-0.3, -0.25) is 0 Å². The minimum absolute atomic E-state index is 0.139. The first-order chi connectivity index (χ1) is 12.1. The van der Waals surface area contributed by atoms with Gasteiger partial charge >= 0.3 is 23.9 Å². The summed E-state index contributed by atoms with van der Waals surface area (Å²) in [6.07, 6.45) is 0. The molecular weight excluding hydrogens is 344 g/mol. The molecule has 0 aliphatic carbocycles. The Hall–Kier alpha value is -3.68. The highest BCUT2D eigenvalue weighted by Gasteiger charge is 2.25. The van der Waals surface area contributed by atoms with Gasteiger partial charge in [-0.2, -0.15) is 0 Å². The second-order valence-corrected chi connectivity index (χ2v) is 5.54. The highest BCUT2D eigenvalue weighted by molar-refractivity contribution is 6.06. The van der Waals surface area contributed by atoms with E-state index >= 15 is 0 Å². The molecule has 0 aliphatic heterocycles. The molecule has 0 spiro atoms. The summed E-state index contributed by atoms with van der Waals surface area (Å²) in [6.45, 7) is 2.83. The molecule has 0 heterocycles. The number of rotatable bonds is 5. The van der Waals surface area contributed by atoms with E-state index in [0.717, 1.165) is 12.1 Å². The maximum absolute atomic E-state index is 11.5. The number of carbonyl (C=O) groups is 4. The summed E-state index contributed by atoms with van der Waals surface area (Å²) >= 11 is 0. The molecule has 0 saturated carbocycles. The summed E-state index contributed by atoms with van der Waals surface area (Å²) in [5, 5.41) is 37.0. The maximum Gasteiger partial charge on any atom is 0.336 e. The van der Waals surface area contributed by atoms with Crippen molar-refractivity contribution in [3.8, 4) is 11.1 Å². The first kappa shape index (κ1) is 18.7. The minimum atomic E-state index is -1.43. The van der Waals surface area contributed by atoms with Crippen molar-refractivity contribution in [3.05, 3.63) is 57.6 Å². The maximum atomic E-state index is 11.5. The zero-order chi connectivity index (χ0) is 19.8. The van der Waals surface area contributed by atoms with E-state index in [9.17, 15) is 29.4 Å². The number of carboxylic acids is 4. The molecule has 0 amide bonds. The SMILES string of the molecule is Cc1c(-c2ccc(C(=O)O)c(C(=O)O)c2C)ccc(C(=O)O)c1C(=O)O. The molecule has 0 aliphatic rings. The summed E-state index contributed by atoms with van der Waals surface area (Å²) in [7, 11) is 0. The second kappa shape index (κ2) is 6.67. The number of carboxylic acid groups (broad SMARTS) is 4. The second-order valence-electron chi connectivity index (χ2n) is 5.54. The lowest BCUT2D eigenvalue weighted by Crippen LogP contribution is -2.13. The fourth-order valence-electron chi connectivity index (χ4n) is 2.91. The van der Waals surface area contributed by atoms with E-state index in [-0.39, 0.29) is 11.1 Å². The molecule has 8 nitrogen and oxygen atoms in total. The first-order valence-corrected chi connectivity index (χ1v) is 7.28. The Morgan fingerprint density at radius 1 is 0.577 bits per heavy atom. The molecule has 0 fully saturated rings. The lowest BCUT2D eigenvalue weighted by molar-refractivity contribution is 0.0650. The molecule has 2 aromatic carbocycles. The summed E-state index contributed by atoms with van der Waals surface area (Å²) in [5.74, 6) is -5.66. The van der Waals surface area contributed by atoms with Crippen molar-refractivity contribution in [1.82, 2.24) is 0 Å². The molecular formula is C18H14O8. The molecule has 134 valence electrons. The van der Waals surface area contributed by atoms with Crippen LogP contribution in [0.15, 0.2) is 24.3 Å². The van der Waals surface area contributed by atoms with Crippen LogP contribution in [-0.2, 0) is 0 Å². The van der Waals surface area contributed by atoms with Gasteiger partial charge < -0.3 is 20.4 Å². The average molecular weight is 358 g/mol. The molecule has 0 aromatic heterocycles. The molecule has 26 heavy (non-hydrogen) atoms. The Bertz CT molecular complexity index is 892. The van der Waals surface area contributed by atoms with Crippen LogP contribution in [0.25, 0.3) is 11.1 Å². The summed E-state index contributed by atoms with van der Waals surface area (Å²) < 4.78 is 0. The monoisotopic (exact) mass is 358 g/mol. The largest absolute Gasteiger partial charge is 0.478 e. The third-order valence-corrected chi connectivity index (χ3v) is 4.11. The summed E-state index contributed by atoms with van der Waals surface area (Å²) in [6, 6.07) is 5.00. The topological polar surface area (TPSA) is 149 Å². The Balaban J connectivity index is 2.86. The van der Waals surface area contributed by atoms with E-state index in [1.807, 2.05) is 0 Å². The van der Waals surface area contributed by atoms with Gasteiger partial charge in [-0.05, 0) is 48.2 Å². The average Bonchev–Trinajstić information content (AvgIpc) is 2.53. The van der Waals surface area contributed by atoms with Gasteiger partial charge in [-0.1, -0.05) is 12.1 Å². The Kier molecular flexibility index (Phi) is 4.79. The van der Waals surface area contributed by atoms with Crippen LogP contribution in [0, 0.1) is 13.8 Å². The van der Waals surface area contributed by atoms with Gasteiger partial charge in [-0.15, -0.1) is 0 Å². The third-order valence-electron chi connectivity index (χ3n) is 4.11. The standard InChI is InChI=1S/C18H14O8/c1-7-9(3-5-11(15(19)20)13(7)17(23)24)10-4-6-12(16(21)22)14(8(10)2)18(25)26/h3-6H,1-2H3,(H,19,20)(H,21,22)(H,23,24)(H,25,26). The van der Waals surface area contributed by atoms with Crippen LogP contribution < -0.4 is 0 Å². The van der Waals surface area contributed by atoms with E-state index in [4.69, 9.17) is 10.2 Å². The van der Waals surface area contributed by atoms with Gasteiger partial charge in [0, 0.05) is 0 Å². The fourth-order valence-corrected chi connectivity index (χ4v) is 2.91. The molecule has 2 rings (SSSR count). The zero-order valence-corrected chi connectivity index (χ0v) is 13.7. The van der Waals surface area contributed by atoms with Crippen molar-refractivity contribution >= 4 is 23.9 Å². The molecule has 0 bridgehead atoms. The Morgan fingerprint density at radius 3 is 1.12 bits per heavy atom. The van der Waals surface area contributed by atoms with Crippen LogP contribution >= 0.6 is 0 Å². The number of benzene rings is 2. The van der Waals surface area contributed by atoms with Gasteiger partial charge in [0.2, 0.25) is 0 Å². The van der Waals surface area contributed by atoms with E-state index in [0.29, 0.717) is 11.1 Å². The van der Waals surface area contributed by atoms with Crippen LogP contribution in [-0.4, -0.2) is 44.3 Å². The fraction of sp³-hybridized carbons (Fsp3) is 0.111. The zero-order valence-electron chi connectivity index (χ0n) is 13.7. The third kappa shape index (κ3) is 3.00. The lowest BCUT2D eigenvalue weighted by Gasteiger charge is -2.16. The van der Waals surface area contributed by atoms with Crippen LogP contribution in [0.3, 0.4) is 0 Å². The van der Waals surface area contributed by atoms with Gasteiger partial charge in [0.1, 0.15) is 0 Å². The van der Waals surface area contributed by atoms with Crippen molar-refractivity contribution in [2.45, 2.75) is 13.8 Å². The van der Waals surface area contributed by atoms with Gasteiger partial charge in [-0.25, -0.2) is 19.2 Å². The van der Waals surface area contributed by atoms with E-state index in [1.165, 1.54) is 26.0 Å². The molecule has 0 unspecified atom stereocenters. The van der Waals surface area contributed by atoms with Crippen LogP contribution in [0.2, 0.25) is 0 Å². The predicted octanol–water partition coefficient (Wildman–Crippen LogP) is 2.76. The molecule has 0 radical (unpaired) electrons. The van der Waals surface area contributed by atoms with Gasteiger partial charge in [0.25, 0.3) is 0 Å². The molecule has 2 aromatic rings. The molecule has 0 saturated heterocycles. The smallest absolute Gasteiger partial charge is 0.336 e. The first-order valence-electron chi connectivity index (χ1n) is 7.28. The van der Waals surface area contributed by atoms with Gasteiger partial charge in [0.05, 0.1) is 22.3 Å². The van der Waals surface area contributed by atoms with Crippen LogP contribution in [0.1, 0.15) is 52.6 Å². The number of hydrogen-bond donors (Lipinski definition) is 4. The number of hydrogen-bond acceptors (Lipinski definition) is 4. The molecule has 8 heteroatoms. The predicted molar refractivity (Wildman–Crippen MR) is 89.2 cm³/mol. The minimum Gasteiger partial charge on any atom is -0.478 e. The van der Waals surface area contributed by atoms with Crippen molar-refractivity contribution in [2.24, 2.45) is 0 Å². The Labute approximate surface area is 147 Å². The normalized spacial score (nSPS) is 10.4. The van der Waals surface area contributed by atoms with Crippen LogP contribution in [0.5, 0.6) is 0 Å². The van der Waals surface area contributed by atoms with Crippen molar-refractivity contribution in [1.29, 1.82) is 0 Å². The van der Waals surface area contributed by atoms with Crippen molar-refractivity contribution in [2.75, 3.05) is 0 Å². The highest BCUT2D eigenvalue weighted by Crippen LogP contribution is 2.33. The van der Waals surface area contributed by atoms with E-state index in [1.54, 1.807) is 0 Å². The number of aromatic carboxylic acids is 4. The molecule has 4 N–H and O–H groups in total. The Morgan fingerprint density at radius 2 is 0.885 bits per heavy atom. The molecule has 0 atom stereocenters. The van der Waals surface area contributed by atoms with Crippen molar-refractivity contribution in [3.63, 3.8) is 0 Å². The van der Waals surface area contributed by atoms with Crippen molar-refractivity contribution < 1.29 is 39.6 Å².